The van der Waals surface area contributed by atoms with Crippen LogP contribution in [0.2, 0.25) is 0 Å². The molecule has 0 N–H and O–H groups in total. The summed E-state index contributed by atoms with van der Waals surface area (Å²) in [5.41, 5.74) is 0. The van der Waals surface area contributed by atoms with Crippen LogP contribution in [0.15, 0.2) is 25.3 Å². The van der Waals surface area contributed by atoms with E-state index in [-0.39, 0.29) is 0 Å². The van der Waals surface area contributed by atoms with Gasteiger partial charge in [-0.3, -0.25) is 9.80 Å². The van der Waals surface area contributed by atoms with Crippen molar-refractivity contribution in [2.45, 2.75) is 27.7 Å². The van der Waals surface area contributed by atoms with E-state index in [0.29, 0.717) is 11.8 Å². The quantitative estimate of drug-likeness (QED) is 0.426. The minimum absolute atomic E-state index is 0.694. The van der Waals surface area contributed by atoms with Crippen LogP contribution >= 0.6 is 0 Å². The van der Waals surface area contributed by atoms with Crippen molar-refractivity contribution in [2.75, 3.05) is 32.8 Å². The Bertz CT molecular complexity index is 187. The summed E-state index contributed by atoms with van der Waals surface area (Å²) in [5, 5.41) is 0. The molecule has 0 saturated carbocycles. The summed E-state index contributed by atoms with van der Waals surface area (Å²) in [4.78, 5) is 4.90. The normalized spacial score (nSPS) is 11.8. The Labute approximate surface area is 108 Å². The van der Waals surface area contributed by atoms with Crippen LogP contribution in [0.25, 0.3) is 0 Å². The van der Waals surface area contributed by atoms with Crippen LogP contribution in [-0.2, 0) is 0 Å². The largest absolute Gasteiger partial charge is 0.287 e. The van der Waals surface area contributed by atoms with E-state index in [2.05, 4.69) is 50.7 Å². The van der Waals surface area contributed by atoms with Gasteiger partial charge in [-0.1, -0.05) is 39.8 Å². The van der Waals surface area contributed by atoms with Crippen molar-refractivity contribution in [1.29, 1.82) is 0 Å². The van der Waals surface area contributed by atoms with Crippen LogP contribution in [0.1, 0.15) is 27.7 Å². The van der Waals surface area contributed by atoms with Crippen LogP contribution in [0.3, 0.4) is 0 Å². The lowest BCUT2D eigenvalue weighted by Crippen LogP contribution is -2.41. The highest BCUT2D eigenvalue weighted by molar-refractivity contribution is 4.78. The fourth-order valence-electron chi connectivity index (χ4n) is 2.06. The zero-order chi connectivity index (χ0) is 13.3. The minimum atomic E-state index is 0.694. The molecule has 0 bridgehead atoms. The molecule has 17 heavy (non-hydrogen) atoms. The Morgan fingerprint density at radius 1 is 0.824 bits per heavy atom. The van der Waals surface area contributed by atoms with Gasteiger partial charge < -0.3 is 0 Å². The maximum atomic E-state index is 3.84. The van der Waals surface area contributed by atoms with Crippen LogP contribution in [0.5, 0.6) is 0 Å². The lowest BCUT2D eigenvalue weighted by atomic mass is 10.2. The molecule has 0 heterocycles. The summed E-state index contributed by atoms with van der Waals surface area (Å²) in [5.74, 6) is 1.39. The minimum Gasteiger partial charge on any atom is -0.287 e. The Morgan fingerprint density at radius 3 is 1.41 bits per heavy atom. The third-order valence-electron chi connectivity index (χ3n) is 2.42. The molecule has 0 aromatic rings. The predicted octanol–water partition coefficient (Wildman–Crippen LogP) is 3.23. The third kappa shape index (κ3) is 9.13. The summed E-state index contributed by atoms with van der Waals surface area (Å²) in [7, 11) is 0. The molecule has 0 rings (SSSR count). The SMILES string of the molecule is C=CCN(CC(C)C)CN(CC=C)CC(C)C. The van der Waals surface area contributed by atoms with Gasteiger partial charge in [-0.25, -0.2) is 0 Å². The molecule has 0 aromatic carbocycles. The van der Waals surface area contributed by atoms with Crippen molar-refractivity contribution in [3.8, 4) is 0 Å². The number of nitrogens with zero attached hydrogens (tertiary/aromatic N) is 2. The maximum Gasteiger partial charge on any atom is 0.0512 e. The summed E-state index contributed by atoms with van der Waals surface area (Å²) in [6.07, 6.45) is 3.98. The van der Waals surface area contributed by atoms with Crippen LogP contribution < -0.4 is 0 Å². The molecule has 0 unspecified atom stereocenters. The average molecular weight is 238 g/mol. The van der Waals surface area contributed by atoms with Gasteiger partial charge in [-0.05, 0) is 11.8 Å². The molecule has 0 fully saturated rings. The first-order valence-corrected chi connectivity index (χ1v) is 6.66. The first-order valence-electron chi connectivity index (χ1n) is 6.66. The maximum absolute atomic E-state index is 3.84. The summed E-state index contributed by atoms with van der Waals surface area (Å²) in [6.45, 7) is 21.9. The van der Waals surface area contributed by atoms with E-state index in [1.165, 1.54) is 0 Å². The van der Waals surface area contributed by atoms with Gasteiger partial charge in [0, 0.05) is 26.2 Å². The zero-order valence-electron chi connectivity index (χ0n) is 12.2. The fraction of sp³-hybridized carbons (Fsp3) is 0.733. The molecule has 0 amide bonds. The van der Waals surface area contributed by atoms with Gasteiger partial charge >= 0.3 is 0 Å². The Balaban J connectivity index is 4.31. The van der Waals surface area contributed by atoms with E-state index < -0.39 is 0 Å². The van der Waals surface area contributed by atoms with Crippen LogP contribution in [-0.4, -0.2) is 42.6 Å². The molecule has 100 valence electrons. The fourth-order valence-corrected chi connectivity index (χ4v) is 2.06. The van der Waals surface area contributed by atoms with E-state index in [9.17, 15) is 0 Å². The Morgan fingerprint density at radius 2 is 1.18 bits per heavy atom. The molecule has 0 radical (unpaired) electrons. The molecular formula is C15H30N2. The smallest absolute Gasteiger partial charge is 0.0512 e. The molecule has 0 saturated heterocycles. The molecule has 2 heteroatoms. The summed E-state index contributed by atoms with van der Waals surface area (Å²) < 4.78 is 0. The van der Waals surface area contributed by atoms with Gasteiger partial charge in [0.15, 0.2) is 0 Å². The van der Waals surface area contributed by atoms with E-state index in [1.807, 2.05) is 12.2 Å². The van der Waals surface area contributed by atoms with Gasteiger partial charge in [-0.15, -0.1) is 13.2 Å². The first-order chi connectivity index (χ1) is 7.99. The van der Waals surface area contributed by atoms with E-state index in [0.717, 1.165) is 32.8 Å². The molecular weight excluding hydrogens is 208 g/mol. The molecule has 0 atom stereocenters. The monoisotopic (exact) mass is 238 g/mol. The average Bonchev–Trinajstić information content (AvgIpc) is 2.16. The van der Waals surface area contributed by atoms with Crippen molar-refractivity contribution in [1.82, 2.24) is 9.80 Å². The molecule has 2 nitrogen and oxygen atoms in total. The molecule has 0 aliphatic carbocycles. The molecule has 0 aromatic heterocycles. The number of hydrogen-bond acceptors (Lipinski definition) is 2. The molecule has 0 aliphatic rings. The lowest BCUT2D eigenvalue weighted by molar-refractivity contribution is 0.130. The van der Waals surface area contributed by atoms with Gasteiger partial charge in [0.1, 0.15) is 0 Å². The second-order valence-corrected chi connectivity index (χ2v) is 5.58. The Hall–Kier alpha value is -0.600. The van der Waals surface area contributed by atoms with E-state index in [1.54, 1.807) is 0 Å². The Kier molecular flexibility index (Phi) is 9.10. The third-order valence-corrected chi connectivity index (χ3v) is 2.42. The van der Waals surface area contributed by atoms with Gasteiger partial charge in [0.05, 0.1) is 6.67 Å². The van der Waals surface area contributed by atoms with E-state index in [4.69, 9.17) is 0 Å². The van der Waals surface area contributed by atoms with Crippen molar-refractivity contribution in [3.63, 3.8) is 0 Å². The summed E-state index contributed by atoms with van der Waals surface area (Å²) in [6, 6.07) is 0. The number of hydrogen-bond donors (Lipinski definition) is 0. The predicted molar refractivity (Wildman–Crippen MR) is 78.1 cm³/mol. The standard InChI is InChI=1S/C15H30N2/c1-7-9-16(11-14(3)4)13-17(10-8-2)12-15(5)6/h7-8,14-15H,1-2,9-13H2,3-6H3. The van der Waals surface area contributed by atoms with Gasteiger partial charge in [0.25, 0.3) is 0 Å². The van der Waals surface area contributed by atoms with Crippen molar-refractivity contribution in [3.05, 3.63) is 25.3 Å². The highest BCUT2D eigenvalue weighted by Gasteiger charge is 2.11. The van der Waals surface area contributed by atoms with Gasteiger partial charge in [0.2, 0.25) is 0 Å². The molecule has 0 aliphatic heterocycles. The lowest BCUT2D eigenvalue weighted by Gasteiger charge is -2.31. The topological polar surface area (TPSA) is 6.48 Å². The first kappa shape index (κ1) is 16.4. The van der Waals surface area contributed by atoms with Gasteiger partial charge in [-0.2, -0.15) is 0 Å². The second kappa shape index (κ2) is 9.43. The summed E-state index contributed by atoms with van der Waals surface area (Å²) >= 11 is 0. The van der Waals surface area contributed by atoms with Crippen molar-refractivity contribution < 1.29 is 0 Å². The van der Waals surface area contributed by atoms with Crippen molar-refractivity contribution in [2.24, 2.45) is 11.8 Å². The zero-order valence-corrected chi connectivity index (χ0v) is 12.2. The second-order valence-electron chi connectivity index (χ2n) is 5.58. The molecule has 0 spiro atoms. The van der Waals surface area contributed by atoms with Crippen LogP contribution in [0, 0.1) is 11.8 Å². The van der Waals surface area contributed by atoms with E-state index >= 15 is 0 Å². The highest BCUT2D eigenvalue weighted by Crippen LogP contribution is 2.04. The van der Waals surface area contributed by atoms with Crippen LogP contribution in [0.4, 0.5) is 0 Å². The number of rotatable bonds is 10. The highest BCUT2D eigenvalue weighted by atomic mass is 15.3. The van der Waals surface area contributed by atoms with Crippen molar-refractivity contribution >= 4 is 0 Å².